The smallest absolute Gasteiger partial charge is 0.116 e. The lowest BCUT2D eigenvalue weighted by Gasteiger charge is -2.41. The molecular formula is C22H26N2O2. The van der Waals surface area contributed by atoms with Gasteiger partial charge in [0.15, 0.2) is 0 Å². The van der Waals surface area contributed by atoms with Crippen LogP contribution in [0.3, 0.4) is 0 Å². The van der Waals surface area contributed by atoms with Gasteiger partial charge >= 0.3 is 0 Å². The highest BCUT2D eigenvalue weighted by Crippen LogP contribution is 2.44. The molecule has 1 unspecified atom stereocenters. The van der Waals surface area contributed by atoms with Gasteiger partial charge in [0.05, 0.1) is 18.6 Å². The molecule has 136 valence electrons. The summed E-state index contributed by atoms with van der Waals surface area (Å²) in [6.45, 7) is 2.00. The van der Waals surface area contributed by atoms with Crippen LogP contribution in [0.4, 0.5) is 0 Å². The maximum Gasteiger partial charge on any atom is 0.116 e. The van der Waals surface area contributed by atoms with Gasteiger partial charge in [-0.1, -0.05) is 19.3 Å². The molecule has 1 aliphatic heterocycles. The van der Waals surface area contributed by atoms with E-state index in [1.807, 2.05) is 18.4 Å². The molecule has 3 aromatic rings. The normalized spacial score (nSPS) is 21.9. The number of nitrogens with one attached hydrogen (secondary N) is 1. The number of furan rings is 1. The molecule has 4 nitrogen and oxygen atoms in total. The second-order valence-electron chi connectivity index (χ2n) is 7.94. The number of fused-ring (bicyclic) bond motifs is 3. The van der Waals surface area contributed by atoms with E-state index in [4.69, 9.17) is 4.42 Å². The number of rotatable bonds is 3. The molecule has 1 aliphatic carbocycles. The van der Waals surface area contributed by atoms with Crippen LogP contribution in [0.1, 0.15) is 55.0 Å². The Kier molecular flexibility index (Phi) is 4.01. The molecule has 5 rings (SSSR count). The topological polar surface area (TPSA) is 52.4 Å². The number of benzene rings is 1. The molecule has 0 spiro atoms. The third-order valence-electron chi connectivity index (χ3n) is 6.32. The predicted molar refractivity (Wildman–Crippen MR) is 102 cm³/mol. The minimum atomic E-state index is 0.356. The van der Waals surface area contributed by atoms with Crippen molar-refractivity contribution in [1.29, 1.82) is 0 Å². The third-order valence-corrected chi connectivity index (χ3v) is 6.32. The minimum Gasteiger partial charge on any atom is -0.508 e. The van der Waals surface area contributed by atoms with E-state index in [0.717, 1.165) is 25.0 Å². The third kappa shape index (κ3) is 2.73. The number of nitrogens with zero attached hydrogens (tertiary/aromatic N) is 1. The van der Waals surface area contributed by atoms with Gasteiger partial charge in [0.2, 0.25) is 0 Å². The number of hydrogen-bond donors (Lipinski definition) is 2. The molecule has 26 heavy (non-hydrogen) atoms. The molecular weight excluding hydrogens is 324 g/mol. The second kappa shape index (κ2) is 6.51. The lowest BCUT2D eigenvalue weighted by Crippen LogP contribution is -2.39. The van der Waals surface area contributed by atoms with Crippen molar-refractivity contribution < 1.29 is 9.52 Å². The average Bonchev–Trinajstić information content (AvgIpc) is 3.29. The van der Waals surface area contributed by atoms with Crippen LogP contribution < -0.4 is 0 Å². The summed E-state index contributed by atoms with van der Waals surface area (Å²) >= 11 is 0. The highest BCUT2D eigenvalue weighted by molar-refractivity contribution is 5.86. The van der Waals surface area contributed by atoms with Crippen LogP contribution in [0.15, 0.2) is 41.2 Å². The fraction of sp³-hybridized carbons (Fsp3) is 0.455. The monoisotopic (exact) mass is 350 g/mol. The number of aromatic amines is 1. The lowest BCUT2D eigenvalue weighted by atomic mass is 9.79. The summed E-state index contributed by atoms with van der Waals surface area (Å²) < 4.78 is 5.31. The quantitative estimate of drug-likeness (QED) is 0.687. The van der Waals surface area contributed by atoms with Crippen LogP contribution in [0, 0.1) is 5.92 Å². The Morgan fingerprint density at radius 1 is 1.15 bits per heavy atom. The van der Waals surface area contributed by atoms with E-state index in [-0.39, 0.29) is 0 Å². The van der Waals surface area contributed by atoms with Crippen molar-refractivity contribution >= 4 is 10.9 Å². The van der Waals surface area contributed by atoms with Gasteiger partial charge in [-0.3, -0.25) is 4.90 Å². The van der Waals surface area contributed by atoms with E-state index in [2.05, 4.69) is 16.0 Å². The summed E-state index contributed by atoms with van der Waals surface area (Å²) in [6.07, 6.45) is 11.4. The van der Waals surface area contributed by atoms with Crippen LogP contribution in [-0.4, -0.2) is 21.5 Å². The zero-order valence-corrected chi connectivity index (χ0v) is 15.1. The Morgan fingerprint density at radius 2 is 2.04 bits per heavy atom. The maximum absolute atomic E-state index is 9.95. The Hall–Kier alpha value is -2.20. The van der Waals surface area contributed by atoms with Crippen molar-refractivity contribution in [2.45, 2.75) is 51.1 Å². The first-order valence-electron chi connectivity index (χ1n) is 9.88. The van der Waals surface area contributed by atoms with Crippen molar-refractivity contribution in [3.8, 4) is 5.75 Å². The van der Waals surface area contributed by atoms with E-state index in [1.165, 1.54) is 54.3 Å². The second-order valence-corrected chi connectivity index (χ2v) is 7.94. The molecule has 0 bridgehead atoms. The Balaban J connectivity index is 1.57. The van der Waals surface area contributed by atoms with Crippen molar-refractivity contribution in [1.82, 2.24) is 9.88 Å². The zero-order valence-electron chi connectivity index (χ0n) is 15.1. The average molecular weight is 350 g/mol. The molecule has 1 saturated carbocycles. The summed E-state index contributed by atoms with van der Waals surface area (Å²) in [5, 5.41) is 11.2. The van der Waals surface area contributed by atoms with Gasteiger partial charge in [-0.25, -0.2) is 0 Å². The molecule has 1 aromatic carbocycles. The van der Waals surface area contributed by atoms with Gasteiger partial charge in [0.1, 0.15) is 5.75 Å². The van der Waals surface area contributed by atoms with Gasteiger partial charge in [-0.2, -0.15) is 0 Å². The van der Waals surface area contributed by atoms with E-state index in [0.29, 0.717) is 17.7 Å². The van der Waals surface area contributed by atoms with E-state index < -0.39 is 0 Å². The molecule has 2 aromatic heterocycles. The van der Waals surface area contributed by atoms with E-state index in [1.54, 1.807) is 12.3 Å². The largest absolute Gasteiger partial charge is 0.508 e. The summed E-state index contributed by atoms with van der Waals surface area (Å²) in [4.78, 5) is 6.36. The SMILES string of the molecule is Oc1ccc2[nH]c3c(c2c1)CCN(Cc1ccoc1)C3C1CCCCC1. The number of phenols is 1. The maximum atomic E-state index is 9.95. The van der Waals surface area contributed by atoms with E-state index in [9.17, 15) is 5.11 Å². The molecule has 2 aliphatic rings. The summed E-state index contributed by atoms with van der Waals surface area (Å²) in [7, 11) is 0. The van der Waals surface area contributed by atoms with Crippen molar-refractivity contribution in [2.24, 2.45) is 5.92 Å². The van der Waals surface area contributed by atoms with Gasteiger partial charge < -0.3 is 14.5 Å². The highest BCUT2D eigenvalue weighted by Gasteiger charge is 2.36. The standard InChI is InChI=1S/C22H26N2O2/c25-17-6-7-20-19(12-17)18-8-10-24(13-15-9-11-26-14-15)22(21(18)23-20)16-4-2-1-3-5-16/h6-7,9,11-12,14,16,22-23,25H,1-5,8,10,13H2. The molecule has 4 heteroatoms. The lowest BCUT2D eigenvalue weighted by molar-refractivity contribution is 0.0972. The number of phenolic OH excluding ortho intramolecular Hbond substituents is 1. The van der Waals surface area contributed by atoms with Gasteiger partial charge in [-0.15, -0.1) is 0 Å². The minimum absolute atomic E-state index is 0.356. The molecule has 0 radical (unpaired) electrons. The zero-order chi connectivity index (χ0) is 17.5. The van der Waals surface area contributed by atoms with Gasteiger partial charge in [0.25, 0.3) is 0 Å². The molecule has 3 heterocycles. The van der Waals surface area contributed by atoms with Crippen molar-refractivity contribution in [3.05, 3.63) is 53.6 Å². The highest BCUT2D eigenvalue weighted by atomic mass is 16.3. The first-order valence-corrected chi connectivity index (χ1v) is 9.88. The Morgan fingerprint density at radius 3 is 2.85 bits per heavy atom. The van der Waals surface area contributed by atoms with Crippen molar-refractivity contribution in [2.75, 3.05) is 6.54 Å². The molecule has 0 saturated heterocycles. The first-order chi connectivity index (χ1) is 12.8. The fourth-order valence-corrected chi connectivity index (χ4v) is 5.13. The number of hydrogen-bond acceptors (Lipinski definition) is 3. The van der Waals surface area contributed by atoms with Crippen molar-refractivity contribution in [3.63, 3.8) is 0 Å². The molecule has 0 amide bonds. The summed E-state index contributed by atoms with van der Waals surface area (Å²) in [5.74, 6) is 1.06. The van der Waals surface area contributed by atoms with Gasteiger partial charge in [-0.05, 0) is 55.0 Å². The van der Waals surface area contributed by atoms with Crippen LogP contribution in [-0.2, 0) is 13.0 Å². The van der Waals surface area contributed by atoms with Gasteiger partial charge in [0, 0.05) is 35.2 Å². The van der Waals surface area contributed by atoms with Crippen LogP contribution in [0.2, 0.25) is 0 Å². The molecule has 2 N–H and O–H groups in total. The fourth-order valence-electron chi connectivity index (χ4n) is 5.13. The Labute approximate surface area is 153 Å². The van der Waals surface area contributed by atoms with Crippen LogP contribution >= 0.6 is 0 Å². The molecule has 1 fully saturated rings. The number of H-pyrrole nitrogens is 1. The number of aromatic hydroxyl groups is 1. The summed E-state index contributed by atoms with van der Waals surface area (Å²) in [6, 6.07) is 8.23. The number of aromatic nitrogens is 1. The Bertz CT molecular complexity index is 890. The molecule has 1 atom stereocenters. The van der Waals surface area contributed by atoms with E-state index >= 15 is 0 Å². The van der Waals surface area contributed by atoms with Crippen LogP contribution in [0.5, 0.6) is 5.75 Å². The van der Waals surface area contributed by atoms with Crippen LogP contribution in [0.25, 0.3) is 10.9 Å². The first kappa shape index (κ1) is 16.0. The summed E-state index contributed by atoms with van der Waals surface area (Å²) in [5.41, 5.74) is 5.20. The predicted octanol–water partition coefficient (Wildman–Crippen LogP) is 5.15.